The number of carbonyl (C=O) groups is 3. The van der Waals surface area contributed by atoms with Gasteiger partial charge in [-0.15, -0.1) is 0 Å². The summed E-state index contributed by atoms with van der Waals surface area (Å²) in [6.45, 7) is 5.84. The van der Waals surface area contributed by atoms with Gasteiger partial charge in [0.1, 0.15) is 0 Å². The van der Waals surface area contributed by atoms with Crippen LogP contribution in [-0.4, -0.2) is 48.3 Å². The number of ether oxygens (including phenoxy) is 3. The fourth-order valence-corrected chi connectivity index (χ4v) is 4.59. The summed E-state index contributed by atoms with van der Waals surface area (Å²) in [4.78, 5) is 37.3. The molecule has 8 heteroatoms. The fraction of sp³-hybridized carbons (Fsp3) is 0.478. The second-order valence-corrected chi connectivity index (χ2v) is 7.88. The zero-order valence-electron chi connectivity index (χ0n) is 17.8. The van der Waals surface area contributed by atoms with E-state index in [0.29, 0.717) is 23.7 Å². The van der Waals surface area contributed by atoms with E-state index in [0.717, 1.165) is 11.4 Å². The van der Waals surface area contributed by atoms with Gasteiger partial charge in [0.15, 0.2) is 17.6 Å². The number of benzene rings is 1. The number of carbonyl (C=O) groups excluding carboxylic acids is 3. The number of esters is 1. The van der Waals surface area contributed by atoms with Gasteiger partial charge in [0.05, 0.1) is 31.3 Å². The first-order valence-electron chi connectivity index (χ1n) is 10.6. The van der Waals surface area contributed by atoms with E-state index in [4.69, 9.17) is 14.2 Å². The molecule has 0 unspecified atom stereocenters. The van der Waals surface area contributed by atoms with Gasteiger partial charge in [0.2, 0.25) is 0 Å². The number of fused-ring (bicyclic) bond motifs is 5. The number of imide groups is 1. The van der Waals surface area contributed by atoms with Crippen molar-refractivity contribution >= 4 is 24.0 Å². The Hall–Kier alpha value is -3.16. The van der Waals surface area contributed by atoms with Gasteiger partial charge in [0, 0.05) is 0 Å². The molecule has 8 nitrogen and oxygen atoms in total. The Morgan fingerprint density at radius 3 is 2.42 bits per heavy atom. The molecule has 4 rings (SSSR count). The van der Waals surface area contributed by atoms with Crippen LogP contribution in [-0.2, 0) is 19.1 Å². The molecule has 164 valence electrons. The Morgan fingerprint density at radius 1 is 1.13 bits per heavy atom. The molecule has 2 bridgehead atoms. The zero-order valence-corrected chi connectivity index (χ0v) is 17.8. The maximum atomic E-state index is 12.7. The third kappa shape index (κ3) is 3.82. The molecule has 0 N–H and O–H groups in total. The standard InChI is InChI=1S/C23H26N2O6/c1-4-29-18-10-14(6-9-17(18)31-13(3)23(28)30-5-2)12-24-25-21(26)19-15-7-8-16(11-15)20(19)22(25)27/h6-10,12-13,15-16,19-20H,4-5,11H2,1-3H3/t13-,15-,16-,19-,20+/m0/s1. The Kier molecular flexibility index (Phi) is 5.80. The minimum absolute atomic E-state index is 0.147. The summed E-state index contributed by atoms with van der Waals surface area (Å²) in [6, 6.07) is 5.07. The molecular weight excluding hydrogens is 400 g/mol. The SMILES string of the molecule is CCOC(=O)[C@H](C)Oc1ccc(C=NN2C(=O)[C@@H]3[C@H](C2=O)[C@H]2C=C[C@H]3C2)cc1OCC. The number of amides is 2. The van der Waals surface area contributed by atoms with Gasteiger partial charge in [0.25, 0.3) is 11.8 Å². The summed E-state index contributed by atoms with van der Waals surface area (Å²) in [5.41, 5.74) is 0.637. The molecule has 1 aromatic rings. The van der Waals surface area contributed by atoms with Crippen molar-refractivity contribution in [3.8, 4) is 11.5 Å². The summed E-state index contributed by atoms with van der Waals surface area (Å²) in [7, 11) is 0. The number of nitrogens with zero attached hydrogens (tertiary/aromatic N) is 2. The average molecular weight is 426 g/mol. The van der Waals surface area contributed by atoms with Gasteiger partial charge in [-0.3, -0.25) is 9.59 Å². The Bertz CT molecular complexity index is 925. The van der Waals surface area contributed by atoms with E-state index in [2.05, 4.69) is 17.3 Å². The quantitative estimate of drug-likeness (QED) is 0.274. The first-order chi connectivity index (χ1) is 14.9. The van der Waals surface area contributed by atoms with Gasteiger partial charge < -0.3 is 14.2 Å². The van der Waals surface area contributed by atoms with E-state index in [-0.39, 0.29) is 42.1 Å². The molecule has 0 spiro atoms. The van der Waals surface area contributed by atoms with Crippen LogP contribution >= 0.6 is 0 Å². The van der Waals surface area contributed by atoms with Gasteiger partial charge in [-0.25, -0.2) is 4.79 Å². The molecule has 2 aliphatic carbocycles. The monoisotopic (exact) mass is 426 g/mol. The highest BCUT2D eigenvalue weighted by molar-refractivity contribution is 6.06. The molecule has 1 saturated carbocycles. The molecule has 2 amide bonds. The summed E-state index contributed by atoms with van der Waals surface area (Å²) in [5, 5.41) is 5.20. The molecule has 2 fully saturated rings. The van der Waals surface area contributed by atoms with E-state index < -0.39 is 12.1 Å². The molecule has 1 heterocycles. The van der Waals surface area contributed by atoms with E-state index in [1.165, 1.54) is 6.21 Å². The van der Waals surface area contributed by atoms with E-state index in [9.17, 15) is 14.4 Å². The third-order valence-electron chi connectivity index (χ3n) is 5.96. The van der Waals surface area contributed by atoms with Crippen LogP contribution in [0.4, 0.5) is 0 Å². The highest BCUT2D eigenvalue weighted by Crippen LogP contribution is 2.52. The van der Waals surface area contributed by atoms with Crippen LogP contribution in [0.5, 0.6) is 11.5 Å². The predicted octanol–water partition coefficient (Wildman–Crippen LogP) is 2.56. The number of hydrazone groups is 1. The first-order valence-corrected chi connectivity index (χ1v) is 10.6. The molecule has 3 aliphatic rings. The van der Waals surface area contributed by atoms with Crippen molar-refractivity contribution in [3.05, 3.63) is 35.9 Å². The topological polar surface area (TPSA) is 94.5 Å². The molecule has 1 saturated heterocycles. The van der Waals surface area contributed by atoms with Crippen LogP contribution in [0.25, 0.3) is 0 Å². The Labute approximate surface area is 180 Å². The Balaban J connectivity index is 1.49. The smallest absolute Gasteiger partial charge is 0.347 e. The minimum atomic E-state index is -0.790. The fourth-order valence-electron chi connectivity index (χ4n) is 4.59. The predicted molar refractivity (Wildman–Crippen MR) is 111 cm³/mol. The number of hydrogen-bond acceptors (Lipinski definition) is 7. The van der Waals surface area contributed by atoms with Crippen molar-refractivity contribution in [1.82, 2.24) is 5.01 Å². The largest absolute Gasteiger partial charge is 0.490 e. The molecule has 31 heavy (non-hydrogen) atoms. The van der Waals surface area contributed by atoms with Gasteiger partial charge >= 0.3 is 5.97 Å². The maximum absolute atomic E-state index is 12.7. The van der Waals surface area contributed by atoms with Crippen LogP contribution in [0.3, 0.4) is 0 Å². The van der Waals surface area contributed by atoms with Crippen LogP contribution in [0.2, 0.25) is 0 Å². The summed E-state index contributed by atoms with van der Waals surface area (Å²) >= 11 is 0. The van der Waals surface area contributed by atoms with Crippen molar-refractivity contribution in [3.63, 3.8) is 0 Å². The zero-order chi connectivity index (χ0) is 22.1. The van der Waals surface area contributed by atoms with Crippen LogP contribution in [0.1, 0.15) is 32.8 Å². The Morgan fingerprint density at radius 2 is 1.81 bits per heavy atom. The third-order valence-corrected chi connectivity index (χ3v) is 5.96. The van der Waals surface area contributed by atoms with Crippen LogP contribution in [0.15, 0.2) is 35.5 Å². The lowest BCUT2D eigenvalue weighted by Crippen LogP contribution is -2.28. The first kappa shape index (κ1) is 21.1. The molecule has 1 aliphatic heterocycles. The second-order valence-electron chi connectivity index (χ2n) is 7.88. The molecule has 5 atom stereocenters. The summed E-state index contributed by atoms with van der Waals surface area (Å²) in [5.74, 6) is -0.352. The van der Waals surface area contributed by atoms with E-state index in [1.807, 2.05) is 6.92 Å². The van der Waals surface area contributed by atoms with E-state index >= 15 is 0 Å². The lowest BCUT2D eigenvalue weighted by atomic mass is 9.85. The lowest BCUT2D eigenvalue weighted by molar-refractivity contribution is -0.150. The van der Waals surface area contributed by atoms with Gasteiger partial charge in [-0.05, 0) is 62.8 Å². The normalized spacial score (nSPS) is 27.1. The lowest BCUT2D eigenvalue weighted by Gasteiger charge is -2.17. The number of hydrogen-bond donors (Lipinski definition) is 0. The number of rotatable bonds is 8. The van der Waals surface area contributed by atoms with Crippen molar-refractivity contribution in [1.29, 1.82) is 0 Å². The minimum Gasteiger partial charge on any atom is -0.490 e. The molecular formula is C23H26N2O6. The second kappa shape index (κ2) is 8.53. The van der Waals surface area contributed by atoms with Crippen molar-refractivity contribution in [2.45, 2.75) is 33.3 Å². The molecule has 0 radical (unpaired) electrons. The van der Waals surface area contributed by atoms with Crippen molar-refractivity contribution in [2.24, 2.45) is 28.8 Å². The maximum Gasteiger partial charge on any atom is 0.347 e. The number of allylic oxidation sites excluding steroid dienone is 2. The highest BCUT2D eigenvalue weighted by Gasteiger charge is 2.59. The van der Waals surface area contributed by atoms with Crippen LogP contribution in [0, 0.1) is 23.7 Å². The van der Waals surface area contributed by atoms with Crippen molar-refractivity contribution < 1.29 is 28.6 Å². The highest BCUT2D eigenvalue weighted by atomic mass is 16.6. The summed E-state index contributed by atoms with van der Waals surface area (Å²) in [6.07, 6.45) is 5.66. The van der Waals surface area contributed by atoms with Crippen LogP contribution < -0.4 is 9.47 Å². The van der Waals surface area contributed by atoms with Gasteiger partial charge in [-0.1, -0.05) is 12.2 Å². The van der Waals surface area contributed by atoms with E-state index in [1.54, 1.807) is 32.0 Å². The molecule has 0 aromatic heterocycles. The summed E-state index contributed by atoms with van der Waals surface area (Å²) < 4.78 is 16.3. The van der Waals surface area contributed by atoms with Crippen molar-refractivity contribution in [2.75, 3.05) is 13.2 Å². The average Bonchev–Trinajstić information content (AvgIpc) is 3.43. The van der Waals surface area contributed by atoms with Gasteiger partial charge in [-0.2, -0.15) is 10.1 Å². The molecule has 1 aromatic carbocycles.